The quantitative estimate of drug-likeness (QED) is 0.260. The van der Waals surface area contributed by atoms with Crippen LogP contribution in [0.3, 0.4) is 0 Å². The number of unbranched alkanes of at least 4 members (excludes halogenated alkanes) is 1. The van der Waals surface area contributed by atoms with E-state index in [1.165, 1.54) is 4.90 Å². The van der Waals surface area contributed by atoms with E-state index in [0.717, 1.165) is 0 Å². The van der Waals surface area contributed by atoms with Crippen molar-refractivity contribution in [1.82, 2.24) is 15.5 Å². The summed E-state index contributed by atoms with van der Waals surface area (Å²) in [5.74, 6) is -0.651. The minimum atomic E-state index is -0.946. The number of amides is 3. The third kappa shape index (κ3) is 18.3. The van der Waals surface area contributed by atoms with Gasteiger partial charge in [-0.1, -0.05) is 0 Å². The van der Waals surface area contributed by atoms with Crippen LogP contribution in [0.2, 0.25) is 0 Å². The van der Waals surface area contributed by atoms with E-state index in [2.05, 4.69) is 10.6 Å². The highest BCUT2D eigenvalue weighted by atomic mass is 16.6. The van der Waals surface area contributed by atoms with Crippen LogP contribution >= 0.6 is 0 Å². The van der Waals surface area contributed by atoms with E-state index >= 15 is 0 Å². The molecule has 0 radical (unpaired) electrons. The Hall–Kier alpha value is -2.72. The fourth-order valence-electron chi connectivity index (χ4n) is 2.55. The van der Waals surface area contributed by atoms with E-state index in [1.54, 1.807) is 69.4 Å². The molecular formula is C24H45N3O8. The van der Waals surface area contributed by atoms with E-state index in [4.69, 9.17) is 18.9 Å². The number of alkyl carbamates (subject to hydrolysis) is 2. The Morgan fingerprint density at radius 1 is 0.771 bits per heavy atom. The first-order valence-electron chi connectivity index (χ1n) is 11.9. The van der Waals surface area contributed by atoms with Gasteiger partial charge in [-0.3, -0.25) is 0 Å². The minimum absolute atomic E-state index is 0.0560. The Kier molecular flexibility index (Phi) is 12.9. The summed E-state index contributed by atoms with van der Waals surface area (Å²) in [6.07, 6.45) is -0.407. The highest BCUT2D eigenvalue weighted by molar-refractivity contribution is 5.81. The van der Waals surface area contributed by atoms with Gasteiger partial charge in [-0.25, -0.2) is 19.2 Å². The zero-order chi connectivity index (χ0) is 27.4. The lowest BCUT2D eigenvalue weighted by molar-refractivity contribution is -0.146. The molecule has 0 aliphatic carbocycles. The number of nitrogens with one attached hydrogen (secondary N) is 2. The average molecular weight is 504 g/mol. The van der Waals surface area contributed by atoms with Crippen LogP contribution in [-0.2, 0) is 23.7 Å². The standard InChI is InChI=1S/C24H45N3O8/c1-22(2,3)33-19(29)25-14-16-32-18(28)17(26-20(30)34-23(4,5)6)13-11-12-15-27(10)21(31)35-24(7,8)9/h17H,11-16H2,1-10H3,(H,25,29)(H,26,30)/t17-/m0/s1. The molecule has 0 aromatic carbocycles. The van der Waals surface area contributed by atoms with Crippen molar-refractivity contribution in [3.63, 3.8) is 0 Å². The van der Waals surface area contributed by atoms with Crippen LogP contribution in [0.1, 0.15) is 81.6 Å². The molecular weight excluding hydrogens is 458 g/mol. The van der Waals surface area contributed by atoms with Gasteiger partial charge in [0.25, 0.3) is 0 Å². The fraction of sp³-hybridized carbons (Fsp3) is 0.833. The molecule has 11 nitrogen and oxygen atoms in total. The van der Waals surface area contributed by atoms with Crippen molar-refractivity contribution in [2.75, 3.05) is 26.7 Å². The van der Waals surface area contributed by atoms with Crippen LogP contribution in [0.25, 0.3) is 0 Å². The number of carbonyl (C=O) groups is 4. The first-order chi connectivity index (χ1) is 15.8. The Bertz CT molecular complexity index is 705. The Morgan fingerprint density at radius 3 is 1.80 bits per heavy atom. The number of nitrogens with zero attached hydrogens (tertiary/aromatic N) is 1. The summed E-state index contributed by atoms with van der Waals surface area (Å²) in [5, 5.41) is 5.04. The van der Waals surface area contributed by atoms with Crippen molar-refractivity contribution in [3.8, 4) is 0 Å². The molecule has 0 aliphatic heterocycles. The van der Waals surface area contributed by atoms with Gasteiger partial charge in [0.05, 0.1) is 6.54 Å². The number of esters is 1. The van der Waals surface area contributed by atoms with Crippen molar-refractivity contribution in [2.24, 2.45) is 0 Å². The second-order valence-corrected chi connectivity index (χ2v) is 11.2. The van der Waals surface area contributed by atoms with E-state index in [0.29, 0.717) is 19.4 Å². The summed E-state index contributed by atoms with van der Waals surface area (Å²) in [7, 11) is 1.64. The molecule has 204 valence electrons. The van der Waals surface area contributed by atoms with Crippen molar-refractivity contribution in [3.05, 3.63) is 0 Å². The maximum Gasteiger partial charge on any atom is 0.410 e. The number of ether oxygens (including phenoxy) is 4. The normalized spacial score (nSPS) is 12.7. The topological polar surface area (TPSA) is 132 Å². The van der Waals surface area contributed by atoms with Crippen molar-refractivity contribution in [1.29, 1.82) is 0 Å². The average Bonchev–Trinajstić information content (AvgIpc) is 2.62. The van der Waals surface area contributed by atoms with E-state index in [9.17, 15) is 19.2 Å². The monoisotopic (exact) mass is 503 g/mol. The molecule has 0 rings (SSSR count). The zero-order valence-corrected chi connectivity index (χ0v) is 23.0. The molecule has 0 aromatic rings. The third-order valence-corrected chi connectivity index (χ3v) is 3.93. The van der Waals surface area contributed by atoms with Gasteiger partial charge in [-0.05, 0) is 81.6 Å². The smallest absolute Gasteiger partial charge is 0.410 e. The van der Waals surface area contributed by atoms with Crippen LogP contribution in [0.5, 0.6) is 0 Å². The molecule has 35 heavy (non-hydrogen) atoms. The van der Waals surface area contributed by atoms with Gasteiger partial charge in [0.15, 0.2) is 0 Å². The molecule has 0 aromatic heterocycles. The zero-order valence-electron chi connectivity index (χ0n) is 23.0. The summed E-state index contributed by atoms with van der Waals surface area (Å²) in [4.78, 5) is 50.0. The molecule has 0 fully saturated rings. The molecule has 0 aliphatic rings. The van der Waals surface area contributed by atoms with Crippen molar-refractivity contribution in [2.45, 2.75) is 104 Å². The second kappa shape index (κ2) is 14.0. The van der Waals surface area contributed by atoms with Gasteiger partial charge in [-0.15, -0.1) is 0 Å². The SMILES string of the molecule is CN(CCCC[C@H](NC(=O)OC(C)(C)C)C(=O)OCCNC(=O)OC(C)(C)C)C(=O)OC(C)(C)C. The molecule has 11 heteroatoms. The second-order valence-electron chi connectivity index (χ2n) is 11.2. The maximum absolute atomic E-state index is 12.6. The van der Waals surface area contributed by atoms with Crippen LogP contribution in [-0.4, -0.2) is 78.7 Å². The lowest BCUT2D eigenvalue weighted by Gasteiger charge is -2.25. The molecule has 0 heterocycles. The summed E-state index contributed by atoms with van der Waals surface area (Å²) >= 11 is 0. The third-order valence-electron chi connectivity index (χ3n) is 3.93. The Morgan fingerprint density at radius 2 is 1.29 bits per heavy atom. The summed E-state index contributed by atoms with van der Waals surface area (Å²) in [6, 6.07) is -0.946. The molecule has 3 amide bonds. The Labute approximate surface area is 209 Å². The van der Waals surface area contributed by atoms with Gasteiger partial charge >= 0.3 is 24.2 Å². The molecule has 0 bridgehead atoms. The van der Waals surface area contributed by atoms with E-state index < -0.39 is 47.1 Å². The fourth-order valence-corrected chi connectivity index (χ4v) is 2.55. The molecule has 0 saturated carbocycles. The van der Waals surface area contributed by atoms with Gasteiger partial charge in [0, 0.05) is 13.6 Å². The highest BCUT2D eigenvalue weighted by Crippen LogP contribution is 2.12. The van der Waals surface area contributed by atoms with Gasteiger partial charge in [0.1, 0.15) is 29.5 Å². The lowest BCUT2D eigenvalue weighted by atomic mass is 10.1. The van der Waals surface area contributed by atoms with Crippen molar-refractivity contribution >= 4 is 24.2 Å². The maximum atomic E-state index is 12.6. The van der Waals surface area contributed by atoms with E-state index in [1.807, 2.05) is 0 Å². The molecule has 0 spiro atoms. The number of hydrogen-bond donors (Lipinski definition) is 2. The first kappa shape index (κ1) is 32.3. The predicted octanol–water partition coefficient (Wildman–Crippen LogP) is 3.98. The lowest BCUT2D eigenvalue weighted by Crippen LogP contribution is -2.45. The number of rotatable bonds is 10. The van der Waals surface area contributed by atoms with Crippen LogP contribution in [0, 0.1) is 0 Å². The molecule has 0 unspecified atom stereocenters. The van der Waals surface area contributed by atoms with Crippen LogP contribution in [0.4, 0.5) is 14.4 Å². The van der Waals surface area contributed by atoms with Crippen LogP contribution < -0.4 is 10.6 Å². The molecule has 2 N–H and O–H groups in total. The van der Waals surface area contributed by atoms with E-state index in [-0.39, 0.29) is 19.6 Å². The number of carbonyl (C=O) groups excluding carboxylic acids is 4. The minimum Gasteiger partial charge on any atom is -0.462 e. The molecule has 0 saturated heterocycles. The first-order valence-corrected chi connectivity index (χ1v) is 11.9. The van der Waals surface area contributed by atoms with Crippen molar-refractivity contribution < 1.29 is 38.1 Å². The van der Waals surface area contributed by atoms with Gasteiger partial charge < -0.3 is 34.5 Å². The summed E-state index contributed by atoms with van der Waals surface area (Å²) in [6.45, 7) is 16.1. The van der Waals surface area contributed by atoms with Crippen LogP contribution in [0.15, 0.2) is 0 Å². The molecule has 1 atom stereocenters. The highest BCUT2D eigenvalue weighted by Gasteiger charge is 2.26. The summed E-state index contributed by atoms with van der Waals surface area (Å²) < 4.78 is 20.9. The Balaban J connectivity index is 4.75. The van der Waals surface area contributed by atoms with Gasteiger partial charge in [0.2, 0.25) is 0 Å². The largest absolute Gasteiger partial charge is 0.462 e. The number of hydrogen-bond acceptors (Lipinski definition) is 8. The summed E-state index contributed by atoms with van der Waals surface area (Å²) in [5.41, 5.74) is -1.96. The van der Waals surface area contributed by atoms with Gasteiger partial charge in [-0.2, -0.15) is 0 Å². The predicted molar refractivity (Wildman–Crippen MR) is 131 cm³/mol.